The highest BCUT2D eigenvalue weighted by Gasteiger charge is 2.26. The van der Waals surface area contributed by atoms with E-state index in [9.17, 15) is 9.50 Å². The number of nitrogens with zero attached hydrogens (tertiary/aromatic N) is 1. The predicted octanol–water partition coefficient (Wildman–Crippen LogP) is 3.66. The molecule has 0 bridgehead atoms. The monoisotopic (exact) mass is 362 g/mol. The smallest absolute Gasteiger partial charge is 0.165 e. The molecule has 0 amide bonds. The van der Waals surface area contributed by atoms with Crippen molar-refractivity contribution >= 4 is 35.3 Å². The number of aromatic hydroxyl groups is 1. The van der Waals surface area contributed by atoms with Crippen LogP contribution in [0.2, 0.25) is 4.34 Å². The lowest BCUT2D eigenvalue weighted by atomic mass is 10.0. The summed E-state index contributed by atoms with van der Waals surface area (Å²) in [6.07, 6.45) is 0. The quantitative estimate of drug-likeness (QED) is 0.874. The summed E-state index contributed by atoms with van der Waals surface area (Å²) in [6, 6.07) is 8.43. The van der Waals surface area contributed by atoms with Gasteiger partial charge in [0.15, 0.2) is 11.6 Å². The number of phenols is 1. The minimum atomic E-state index is -0.588. The molecular weight excluding hydrogens is 346 g/mol. The van der Waals surface area contributed by atoms with Crippen LogP contribution in [-0.2, 0) is 0 Å². The Kier molecular flexibility index (Phi) is 6.06. The molecule has 3 nitrogen and oxygen atoms in total. The second-order valence-corrected chi connectivity index (χ2v) is 6.79. The Hall–Kier alpha value is -0.850. The lowest BCUT2D eigenvalue weighted by Crippen LogP contribution is -2.45. The summed E-state index contributed by atoms with van der Waals surface area (Å²) >= 11 is 7.57. The van der Waals surface area contributed by atoms with Crippen LogP contribution in [0.4, 0.5) is 4.39 Å². The number of rotatable bonds is 3. The van der Waals surface area contributed by atoms with Gasteiger partial charge >= 0.3 is 0 Å². The van der Waals surface area contributed by atoms with Crippen LogP contribution in [0, 0.1) is 5.82 Å². The molecule has 1 fully saturated rings. The maximum Gasteiger partial charge on any atom is 0.165 e. The fourth-order valence-corrected chi connectivity index (χ4v) is 3.89. The van der Waals surface area contributed by atoms with E-state index >= 15 is 0 Å². The molecule has 1 aromatic carbocycles. The first-order chi connectivity index (χ1) is 10.1. The van der Waals surface area contributed by atoms with E-state index in [1.165, 1.54) is 23.5 Å². The van der Waals surface area contributed by atoms with Gasteiger partial charge in [-0.15, -0.1) is 23.7 Å². The average Bonchev–Trinajstić information content (AvgIpc) is 2.90. The van der Waals surface area contributed by atoms with Crippen molar-refractivity contribution in [1.82, 2.24) is 10.2 Å². The van der Waals surface area contributed by atoms with Crippen LogP contribution < -0.4 is 5.32 Å². The molecule has 2 aromatic rings. The first-order valence-corrected chi connectivity index (χ1v) is 8.03. The van der Waals surface area contributed by atoms with Gasteiger partial charge in [-0.05, 0) is 29.8 Å². The molecule has 1 aliphatic rings. The third kappa shape index (κ3) is 3.73. The second kappa shape index (κ2) is 7.62. The Bertz CT molecular complexity index is 632. The molecular formula is C15H17Cl2FN2OS. The van der Waals surface area contributed by atoms with Crippen LogP contribution in [0.15, 0.2) is 30.3 Å². The second-order valence-electron chi connectivity index (χ2n) is 5.04. The highest BCUT2D eigenvalue weighted by atomic mass is 35.5. The molecule has 0 unspecified atom stereocenters. The molecule has 22 heavy (non-hydrogen) atoms. The summed E-state index contributed by atoms with van der Waals surface area (Å²) in [7, 11) is 0. The molecule has 0 spiro atoms. The van der Waals surface area contributed by atoms with Gasteiger partial charge in [0.1, 0.15) is 0 Å². The first kappa shape index (κ1) is 17.5. The SMILES string of the molecule is Cl.Oc1ccc([C@@H](c2ccc(Cl)s2)N2CCNCC2)cc1F. The molecule has 0 saturated carbocycles. The van der Waals surface area contributed by atoms with E-state index in [1.54, 1.807) is 6.07 Å². The number of hydrogen-bond acceptors (Lipinski definition) is 4. The highest BCUT2D eigenvalue weighted by Crippen LogP contribution is 2.36. The third-order valence-electron chi connectivity index (χ3n) is 3.67. The molecule has 2 N–H and O–H groups in total. The van der Waals surface area contributed by atoms with Crippen LogP contribution in [0.1, 0.15) is 16.5 Å². The standard InChI is InChI=1S/C15H16ClFN2OS.ClH/c16-14-4-3-13(21-14)15(19-7-5-18-6-8-19)10-1-2-12(20)11(17)9-10;/h1-4,9,15,18,20H,5-8H2;1H/t15-;/m0./s1. The molecule has 1 aromatic heterocycles. The maximum atomic E-state index is 13.7. The lowest BCUT2D eigenvalue weighted by Gasteiger charge is -2.34. The Morgan fingerprint density at radius 1 is 1.23 bits per heavy atom. The topological polar surface area (TPSA) is 35.5 Å². The normalized spacial score (nSPS) is 17.0. The van der Waals surface area contributed by atoms with Crippen LogP contribution in [0.25, 0.3) is 0 Å². The van der Waals surface area contributed by atoms with Gasteiger partial charge in [-0.2, -0.15) is 0 Å². The zero-order valence-electron chi connectivity index (χ0n) is 11.8. The van der Waals surface area contributed by atoms with Crippen LogP contribution in [0.3, 0.4) is 0 Å². The number of phenolic OH excluding ortho intramolecular Hbond substituents is 1. The molecule has 7 heteroatoms. The van der Waals surface area contributed by atoms with Gasteiger partial charge in [-0.25, -0.2) is 4.39 Å². The van der Waals surface area contributed by atoms with Crippen molar-refractivity contribution in [3.05, 3.63) is 50.9 Å². The molecule has 0 radical (unpaired) electrons. The molecule has 0 aliphatic carbocycles. The molecule has 120 valence electrons. The van der Waals surface area contributed by atoms with E-state index in [0.29, 0.717) is 0 Å². The van der Waals surface area contributed by atoms with Crippen molar-refractivity contribution in [2.24, 2.45) is 0 Å². The minimum Gasteiger partial charge on any atom is -0.505 e. The summed E-state index contributed by atoms with van der Waals surface area (Å²) in [5, 5.41) is 12.7. The third-order valence-corrected chi connectivity index (χ3v) is 4.95. The van der Waals surface area contributed by atoms with Crippen molar-refractivity contribution in [3.8, 4) is 5.75 Å². The van der Waals surface area contributed by atoms with Crippen molar-refractivity contribution in [3.63, 3.8) is 0 Å². The lowest BCUT2D eigenvalue weighted by molar-refractivity contribution is 0.200. The number of halogens is 3. The highest BCUT2D eigenvalue weighted by molar-refractivity contribution is 7.16. The summed E-state index contributed by atoms with van der Waals surface area (Å²) in [6.45, 7) is 3.61. The number of benzene rings is 1. The summed E-state index contributed by atoms with van der Waals surface area (Å²) in [4.78, 5) is 3.40. The van der Waals surface area contributed by atoms with Crippen LogP contribution >= 0.6 is 35.3 Å². The summed E-state index contributed by atoms with van der Waals surface area (Å²) in [5.74, 6) is -0.905. The van der Waals surface area contributed by atoms with Gasteiger partial charge in [-0.3, -0.25) is 4.90 Å². The maximum absolute atomic E-state index is 13.7. The van der Waals surface area contributed by atoms with Crippen LogP contribution in [0.5, 0.6) is 5.75 Å². The zero-order chi connectivity index (χ0) is 14.8. The van der Waals surface area contributed by atoms with Gasteiger partial charge in [0.05, 0.1) is 10.4 Å². The van der Waals surface area contributed by atoms with E-state index in [0.717, 1.165) is 41.0 Å². The number of hydrogen-bond donors (Lipinski definition) is 2. The Morgan fingerprint density at radius 3 is 2.55 bits per heavy atom. The number of piperazine rings is 1. The zero-order valence-corrected chi connectivity index (χ0v) is 14.1. The molecule has 1 saturated heterocycles. The fourth-order valence-electron chi connectivity index (χ4n) is 2.66. The van der Waals surface area contributed by atoms with Crippen LogP contribution in [-0.4, -0.2) is 36.2 Å². The summed E-state index contributed by atoms with van der Waals surface area (Å²) in [5.41, 5.74) is 0.839. The molecule has 3 rings (SSSR count). The van der Waals surface area contributed by atoms with Crippen molar-refractivity contribution < 1.29 is 9.50 Å². The molecule has 1 aliphatic heterocycles. The molecule has 1 atom stereocenters. The Morgan fingerprint density at radius 2 is 1.95 bits per heavy atom. The van der Waals surface area contributed by atoms with E-state index in [4.69, 9.17) is 11.6 Å². The van der Waals surface area contributed by atoms with Gasteiger partial charge in [0, 0.05) is 31.1 Å². The van der Waals surface area contributed by atoms with Crippen molar-refractivity contribution in [1.29, 1.82) is 0 Å². The van der Waals surface area contributed by atoms with E-state index in [1.807, 2.05) is 12.1 Å². The van der Waals surface area contributed by atoms with Crippen molar-refractivity contribution in [2.75, 3.05) is 26.2 Å². The van der Waals surface area contributed by atoms with Gasteiger partial charge in [-0.1, -0.05) is 17.7 Å². The van der Waals surface area contributed by atoms with E-state index in [-0.39, 0.29) is 24.2 Å². The van der Waals surface area contributed by atoms with Gasteiger partial charge in [0.25, 0.3) is 0 Å². The fraction of sp³-hybridized carbons (Fsp3) is 0.333. The van der Waals surface area contributed by atoms with Crippen molar-refractivity contribution in [2.45, 2.75) is 6.04 Å². The molecule has 2 heterocycles. The first-order valence-electron chi connectivity index (χ1n) is 6.83. The predicted molar refractivity (Wildman–Crippen MR) is 90.9 cm³/mol. The number of nitrogens with one attached hydrogen (secondary N) is 1. The Balaban J connectivity index is 0.00000176. The number of thiophene rings is 1. The van der Waals surface area contributed by atoms with Gasteiger partial charge < -0.3 is 10.4 Å². The average molecular weight is 363 g/mol. The van der Waals surface area contributed by atoms with E-state index < -0.39 is 5.82 Å². The largest absolute Gasteiger partial charge is 0.505 e. The van der Waals surface area contributed by atoms with Gasteiger partial charge in [0.2, 0.25) is 0 Å². The Labute approximate surface area is 144 Å². The minimum absolute atomic E-state index is 0. The summed E-state index contributed by atoms with van der Waals surface area (Å²) < 4.78 is 14.5. The van der Waals surface area contributed by atoms with E-state index in [2.05, 4.69) is 10.2 Å².